The first kappa shape index (κ1) is 9.66. The van der Waals surface area contributed by atoms with Crippen molar-refractivity contribution in [3.05, 3.63) is 35.6 Å². The molecule has 0 amide bonds. The molecule has 76 valence electrons. The van der Waals surface area contributed by atoms with Crippen molar-refractivity contribution in [3.63, 3.8) is 0 Å². The van der Waals surface area contributed by atoms with Crippen molar-refractivity contribution in [1.82, 2.24) is 0 Å². The number of rotatable bonds is 3. The molecular formula is C12H16FN. The average molecular weight is 193 g/mol. The van der Waals surface area contributed by atoms with Gasteiger partial charge in [0, 0.05) is 0 Å². The van der Waals surface area contributed by atoms with Crippen LogP contribution in [0.15, 0.2) is 24.3 Å². The fraction of sp³-hybridized carbons (Fsp3) is 0.500. The Balaban J connectivity index is 2.06. The maximum Gasteiger partial charge on any atom is 0.123 e. The molecule has 0 aromatic heterocycles. The Kier molecular flexibility index (Phi) is 2.55. The minimum absolute atomic E-state index is 0.163. The van der Waals surface area contributed by atoms with Crippen LogP contribution in [-0.2, 0) is 6.42 Å². The molecule has 14 heavy (non-hydrogen) atoms. The van der Waals surface area contributed by atoms with Crippen molar-refractivity contribution in [2.24, 2.45) is 11.1 Å². The number of nitrogens with two attached hydrogens (primary N) is 1. The van der Waals surface area contributed by atoms with Crippen molar-refractivity contribution < 1.29 is 4.39 Å². The maximum atomic E-state index is 12.7. The highest BCUT2D eigenvalue weighted by Crippen LogP contribution is 2.42. The second-order valence-electron chi connectivity index (χ2n) is 4.36. The fourth-order valence-electron chi connectivity index (χ4n) is 2.17. The summed E-state index contributed by atoms with van der Waals surface area (Å²) in [6.45, 7) is 0.754. The third-order valence-corrected chi connectivity index (χ3v) is 3.34. The first-order valence-electron chi connectivity index (χ1n) is 5.19. The Morgan fingerprint density at radius 2 is 1.86 bits per heavy atom. The van der Waals surface area contributed by atoms with Gasteiger partial charge in [-0.15, -0.1) is 0 Å². The molecule has 1 aromatic carbocycles. The van der Waals surface area contributed by atoms with Crippen molar-refractivity contribution >= 4 is 0 Å². The summed E-state index contributed by atoms with van der Waals surface area (Å²) >= 11 is 0. The van der Waals surface area contributed by atoms with Crippen LogP contribution in [-0.4, -0.2) is 6.54 Å². The largest absolute Gasteiger partial charge is 0.330 e. The van der Waals surface area contributed by atoms with Crippen LogP contribution in [0.3, 0.4) is 0 Å². The quantitative estimate of drug-likeness (QED) is 0.784. The van der Waals surface area contributed by atoms with Crippen molar-refractivity contribution in [2.75, 3.05) is 6.54 Å². The van der Waals surface area contributed by atoms with E-state index in [2.05, 4.69) is 0 Å². The van der Waals surface area contributed by atoms with E-state index in [1.54, 1.807) is 0 Å². The predicted molar refractivity (Wildman–Crippen MR) is 55.4 cm³/mol. The molecule has 0 spiro atoms. The predicted octanol–water partition coefficient (Wildman–Crippen LogP) is 2.50. The van der Waals surface area contributed by atoms with Gasteiger partial charge in [-0.1, -0.05) is 18.6 Å². The van der Waals surface area contributed by atoms with E-state index in [1.165, 1.54) is 37.0 Å². The molecule has 2 N–H and O–H groups in total. The van der Waals surface area contributed by atoms with Crippen LogP contribution in [0, 0.1) is 11.2 Å². The molecule has 0 heterocycles. The molecule has 0 bridgehead atoms. The fourth-order valence-corrected chi connectivity index (χ4v) is 2.17. The smallest absolute Gasteiger partial charge is 0.123 e. The van der Waals surface area contributed by atoms with E-state index in [4.69, 9.17) is 5.73 Å². The summed E-state index contributed by atoms with van der Waals surface area (Å²) in [7, 11) is 0. The molecule has 2 rings (SSSR count). The van der Waals surface area contributed by atoms with Crippen LogP contribution in [0.5, 0.6) is 0 Å². The second kappa shape index (κ2) is 3.70. The van der Waals surface area contributed by atoms with Gasteiger partial charge in [0.05, 0.1) is 0 Å². The monoisotopic (exact) mass is 193 g/mol. The summed E-state index contributed by atoms with van der Waals surface area (Å²) in [5.41, 5.74) is 7.29. The molecule has 2 heteroatoms. The molecular weight excluding hydrogens is 177 g/mol. The zero-order valence-corrected chi connectivity index (χ0v) is 8.30. The molecule has 0 radical (unpaired) electrons. The van der Waals surface area contributed by atoms with Gasteiger partial charge in [-0.2, -0.15) is 0 Å². The molecule has 0 aliphatic heterocycles. The van der Waals surface area contributed by atoms with Crippen LogP contribution in [0.2, 0.25) is 0 Å². The van der Waals surface area contributed by atoms with E-state index < -0.39 is 0 Å². The van der Waals surface area contributed by atoms with Crippen molar-refractivity contribution in [3.8, 4) is 0 Å². The molecule has 0 unspecified atom stereocenters. The van der Waals surface area contributed by atoms with E-state index in [9.17, 15) is 4.39 Å². The average Bonchev–Trinajstić information content (AvgIpc) is 2.15. The highest BCUT2D eigenvalue weighted by atomic mass is 19.1. The van der Waals surface area contributed by atoms with Gasteiger partial charge in [0.15, 0.2) is 0 Å². The van der Waals surface area contributed by atoms with E-state index >= 15 is 0 Å². The first-order valence-corrected chi connectivity index (χ1v) is 5.19. The zero-order valence-electron chi connectivity index (χ0n) is 8.30. The molecule has 1 nitrogen and oxygen atoms in total. The Labute approximate surface area is 84.1 Å². The number of hydrogen-bond acceptors (Lipinski definition) is 1. The van der Waals surface area contributed by atoms with Crippen molar-refractivity contribution in [2.45, 2.75) is 25.7 Å². The number of hydrogen-bond donors (Lipinski definition) is 1. The number of halogens is 1. The molecule has 1 aromatic rings. The summed E-state index contributed by atoms with van der Waals surface area (Å²) < 4.78 is 12.7. The summed E-state index contributed by atoms with van der Waals surface area (Å²) in [6, 6.07) is 6.78. The van der Waals surface area contributed by atoms with E-state index in [0.29, 0.717) is 5.41 Å². The van der Waals surface area contributed by atoms with Crippen LogP contribution >= 0.6 is 0 Å². The number of benzene rings is 1. The van der Waals surface area contributed by atoms with Crippen LogP contribution < -0.4 is 5.73 Å². The molecule has 1 aliphatic rings. The minimum atomic E-state index is -0.163. The lowest BCUT2D eigenvalue weighted by molar-refractivity contribution is 0.145. The van der Waals surface area contributed by atoms with Gasteiger partial charge in [-0.3, -0.25) is 0 Å². The van der Waals surface area contributed by atoms with Gasteiger partial charge >= 0.3 is 0 Å². The lowest BCUT2D eigenvalue weighted by Crippen LogP contribution is -2.39. The van der Waals surface area contributed by atoms with Crippen molar-refractivity contribution in [1.29, 1.82) is 0 Å². The Hall–Kier alpha value is -0.890. The summed E-state index contributed by atoms with van der Waals surface area (Å²) in [5, 5.41) is 0. The summed E-state index contributed by atoms with van der Waals surface area (Å²) in [5.74, 6) is -0.163. The Morgan fingerprint density at radius 1 is 1.21 bits per heavy atom. The maximum absolute atomic E-state index is 12.7. The molecule has 1 saturated carbocycles. The molecule has 0 saturated heterocycles. The second-order valence-corrected chi connectivity index (χ2v) is 4.36. The van der Waals surface area contributed by atoms with Crippen LogP contribution in [0.1, 0.15) is 24.8 Å². The van der Waals surface area contributed by atoms with Crippen LogP contribution in [0.4, 0.5) is 4.39 Å². The standard InChI is InChI=1S/C12H16FN/c13-11-4-2-10(3-5-11)8-12(9-14)6-1-7-12/h2-5H,1,6-9,14H2. The van der Waals surface area contributed by atoms with Gasteiger partial charge in [0.2, 0.25) is 0 Å². The van der Waals surface area contributed by atoms with E-state index in [-0.39, 0.29) is 5.82 Å². The molecule has 1 aliphatic carbocycles. The van der Waals surface area contributed by atoms with E-state index in [0.717, 1.165) is 13.0 Å². The van der Waals surface area contributed by atoms with Gasteiger partial charge in [-0.25, -0.2) is 4.39 Å². The lowest BCUT2D eigenvalue weighted by Gasteiger charge is -2.41. The van der Waals surface area contributed by atoms with Gasteiger partial charge in [0.1, 0.15) is 5.82 Å². The summed E-state index contributed by atoms with van der Waals surface area (Å²) in [4.78, 5) is 0. The normalized spacial score (nSPS) is 19.0. The highest BCUT2D eigenvalue weighted by molar-refractivity contribution is 5.18. The molecule has 0 atom stereocenters. The Bertz CT molecular complexity index is 295. The third-order valence-electron chi connectivity index (χ3n) is 3.34. The molecule has 1 fully saturated rings. The Morgan fingerprint density at radius 3 is 2.29 bits per heavy atom. The van der Waals surface area contributed by atoms with E-state index in [1.807, 2.05) is 12.1 Å². The highest BCUT2D eigenvalue weighted by Gasteiger charge is 2.35. The first-order chi connectivity index (χ1) is 6.74. The zero-order chi connectivity index (χ0) is 10.0. The van der Waals surface area contributed by atoms with Gasteiger partial charge < -0.3 is 5.73 Å². The van der Waals surface area contributed by atoms with Crippen LogP contribution in [0.25, 0.3) is 0 Å². The van der Waals surface area contributed by atoms with Gasteiger partial charge in [0.25, 0.3) is 0 Å². The lowest BCUT2D eigenvalue weighted by atomic mass is 9.65. The minimum Gasteiger partial charge on any atom is -0.330 e. The summed E-state index contributed by atoms with van der Waals surface area (Å²) in [6.07, 6.45) is 4.74. The van der Waals surface area contributed by atoms with Gasteiger partial charge in [-0.05, 0) is 48.9 Å². The third kappa shape index (κ3) is 1.80. The SMILES string of the molecule is NCC1(Cc2ccc(F)cc2)CCC1. The topological polar surface area (TPSA) is 26.0 Å².